The van der Waals surface area contributed by atoms with Crippen LogP contribution in [-0.4, -0.2) is 26.3 Å². The van der Waals surface area contributed by atoms with Crippen molar-refractivity contribution < 1.29 is 19.0 Å². The van der Waals surface area contributed by atoms with Crippen molar-refractivity contribution in [1.82, 2.24) is 5.43 Å². The Bertz CT molecular complexity index is 1480. The molecule has 4 aromatic rings. The lowest BCUT2D eigenvalue weighted by atomic mass is 9.82. The summed E-state index contributed by atoms with van der Waals surface area (Å²) in [6.45, 7) is 0. The zero-order chi connectivity index (χ0) is 26.3. The molecule has 1 aliphatic rings. The standard InChI is InChI=1S/C32H28N2O4/c1-36-28-18-17-22(19-29(28)37-2)20-30(35)34-33-21-26-31(23-11-5-3-6-12-23)25-15-9-10-16-27(25)38-32(26)24-13-7-4-8-14-24/h3-19,21,31H,20H2,1-2H3,(H,34,35). The van der Waals surface area contributed by atoms with Gasteiger partial charge in [-0.25, -0.2) is 5.43 Å². The van der Waals surface area contributed by atoms with Crippen LogP contribution in [-0.2, 0) is 11.2 Å². The van der Waals surface area contributed by atoms with Crippen molar-refractivity contribution in [2.24, 2.45) is 5.10 Å². The van der Waals surface area contributed by atoms with E-state index in [1.54, 1.807) is 32.6 Å². The Balaban J connectivity index is 1.47. The SMILES string of the molecule is COc1ccc(CC(=O)NN=CC2=C(c3ccccc3)Oc3ccccc3C2c2ccccc2)cc1OC. The van der Waals surface area contributed by atoms with Crippen molar-refractivity contribution in [2.45, 2.75) is 12.3 Å². The molecule has 1 N–H and O–H groups in total. The molecule has 1 amide bonds. The number of amides is 1. The van der Waals surface area contributed by atoms with Gasteiger partial charge in [-0.15, -0.1) is 0 Å². The maximum atomic E-state index is 12.8. The van der Waals surface area contributed by atoms with E-state index >= 15 is 0 Å². The number of carbonyl (C=O) groups excluding carboxylic acids is 1. The van der Waals surface area contributed by atoms with E-state index in [9.17, 15) is 4.79 Å². The molecule has 1 aliphatic heterocycles. The number of methoxy groups -OCH3 is 2. The first-order valence-electron chi connectivity index (χ1n) is 12.3. The van der Waals surface area contributed by atoms with Gasteiger partial charge in [0.25, 0.3) is 0 Å². The number of hydrogen-bond acceptors (Lipinski definition) is 5. The number of nitrogens with one attached hydrogen (secondary N) is 1. The van der Waals surface area contributed by atoms with Crippen LogP contribution in [0.2, 0.25) is 0 Å². The molecule has 5 rings (SSSR count). The lowest BCUT2D eigenvalue weighted by Crippen LogP contribution is -2.22. The minimum absolute atomic E-state index is 0.122. The summed E-state index contributed by atoms with van der Waals surface area (Å²) in [5, 5.41) is 4.37. The fourth-order valence-corrected chi connectivity index (χ4v) is 4.62. The summed E-state index contributed by atoms with van der Waals surface area (Å²) in [7, 11) is 3.14. The van der Waals surface area contributed by atoms with Gasteiger partial charge in [-0.2, -0.15) is 5.10 Å². The number of nitrogens with zero attached hydrogens (tertiary/aromatic N) is 1. The molecular formula is C32H28N2O4. The Hall–Kier alpha value is -4.84. The van der Waals surface area contributed by atoms with Crippen LogP contribution in [0.25, 0.3) is 5.76 Å². The molecule has 6 heteroatoms. The number of fused-ring (bicyclic) bond motifs is 1. The highest BCUT2D eigenvalue weighted by Crippen LogP contribution is 2.44. The van der Waals surface area contributed by atoms with Crippen molar-refractivity contribution >= 4 is 17.9 Å². The van der Waals surface area contributed by atoms with Gasteiger partial charge < -0.3 is 14.2 Å². The van der Waals surface area contributed by atoms with Gasteiger partial charge in [-0.1, -0.05) is 84.9 Å². The Kier molecular flexibility index (Phi) is 7.50. The summed E-state index contributed by atoms with van der Waals surface area (Å²) in [5.41, 5.74) is 7.40. The summed E-state index contributed by atoms with van der Waals surface area (Å²) < 4.78 is 17.1. The molecule has 0 aliphatic carbocycles. The molecule has 0 saturated carbocycles. The molecule has 0 saturated heterocycles. The molecule has 1 heterocycles. The number of rotatable bonds is 8. The topological polar surface area (TPSA) is 69.2 Å². The minimum atomic E-state index is -0.247. The fraction of sp³-hybridized carbons (Fsp3) is 0.125. The van der Waals surface area contributed by atoms with Gasteiger partial charge in [-0.05, 0) is 29.3 Å². The predicted molar refractivity (Wildman–Crippen MR) is 149 cm³/mol. The molecule has 4 aromatic carbocycles. The normalized spacial score (nSPS) is 14.5. The third kappa shape index (κ3) is 5.30. The zero-order valence-electron chi connectivity index (χ0n) is 21.3. The first-order chi connectivity index (χ1) is 18.7. The first kappa shape index (κ1) is 24.8. The van der Waals surface area contributed by atoms with E-state index in [0.29, 0.717) is 17.3 Å². The third-order valence-electron chi connectivity index (χ3n) is 6.39. The number of benzene rings is 4. The maximum Gasteiger partial charge on any atom is 0.244 e. The largest absolute Gasteiger partial charge is 0.493 e. The first-order valence-corrected chi connectivity index (χ1v) is 12.3. The summed E-state index contributed by atoms with van der Waals surface area (Å²) in [4.78, 5) is 12.8. The molecule has 1 unspecified atom stereocenters. The van der Waals surface area contributed by atoms with Crippen LogP contribution in [0.3, 0.4) is 0 Å². The van der Waals surface area contributed by atoms with Gasteiger partial charge in [0.15, 0.2) is 11.5 Å². The summed E-state index contributed by atoms with van der Waals surface area (Å²) in [5.74, 6) is 2.32. The van der Waals surface area contributed by atoms with Crippen LogP contribution >= 0.6 is 0 Å². The van der Waals surface area contributed by atoms with Crippen LogP contribution in [0.1, 0.15) is 28.2 Å². The quantitative estimate of drug-likeness (QED) is 0.237. The van der Waals surface area contributed by atoms with Crippen molar-refractivity contribution in [3.63, 3.8) is 0 Å². The summed E-state index contributed by atoms with van der Waals surface area (Å²) >= 11 is 0. The number of allylic oxidation sites excluding steroid dienone is 1. The fourth-order valence-electron chi connectivity index (χ4n) is 4.62. The van der Waals surface area contributed by atoms with Gasteiger partial charge >= 0.3 is 0 Å². The number of hydrogen-bond donors (Lipinski definition) is 1. The van der Waals surface area contributed by atoms with Crippen LogP contribution in [0.15, 0.2) is 114 Å². The van der Waals surface area contributed by atoms with E-state index < -0.39 is 0 Å². The second kappa shape index (κ2) is 11.5. The van der Waals surface area contributed by atoms with Gasteiger partial charge in [0.05, 0.1) is 26.9 Å². The minimum Gasteiger partial charge on any atom is -0.493 e. The number of ether oxygens (including phenoxy) is 3. The third-order valence-corrected chi connectivity index (χ3v) is 6.39. The van der Waals surface area contributed by atoms with E-state index in [4.69, 9.17) is 14.2 Å². The van der Waals surface area contributed by atoms with Crippen molar-refractivity contribution in [1.29, 1.82) is 0 Å². The van der Waals surface area contributed by atoms with Gasteiger partial charge in [0.1, 0.15) is 11.5 Å². The average molecular weight is 505 g/mol. The number of carbonyl (C=O) groups is 1. The monoisotopic (exact) mass is 504 g/mol. The van der Waals surface area contributed by atoms with Gasteiger partial charge in [0, 0.05) is 22.6 Å². The molecular weight excluding hydrogens is 476 g/mol. The lowest BCUT2D eigenvalue weighted by Gasteiger charge is -2.29. The molecule has 0 bridgehead atoms. The Labute approximate surface area is 222 Å². The Morgan fingerprint density at radius 1 is 0.868 bits per heavy atom. The molecule has 0 spiro atoms. The second-order valence-corrected chi connectivity index (χ2v) is 8.79. The molecule has 0 radical (unpaired) electrons. The van der Waals surface area contributed by atoms with E-state index in [0.717, 1.165) is 33.6 Å². The lowest BCUT2D eigenvalue weighted by molar-refractivity contribution is -0.120. The van der Waals surface area contributed by atoms with Crippen LogP contribution in [0.5, 0.6) is 17.2 Å². The predicted octanol–water partition coefficient (Wildman–Crippen LogP) is 5.98. The highest BCUT2D eigenvalue weighted by Gasteiger charge is 2.30. The Morgan fingerprint density at radius 3 is 2.29 bits per heavy atom. The van der Waals surface area contributed by atoms with E-state index in [1.807, 2.05) is 72.8 Å². The molecule has 38 heavy (non-hydrogen) atoms. The second-order valence-electron chi connectivity index (χ2n) is 8.79. The molecule has 0 aromatic heterocycles. The molecule has 0 fully saturated rings. The molecule has 1 atom stereocenters. The van der Waals surface area contributed by atoms with E-state index in [1.165, 1.54) is 0 Å². The van der Waals surface area contributed by atoms with Crippen molar-refractivity contribution in [2.75, 3.05) is 14.2 Å². The number of para-hydroxylation sites is 1. The summed E-state index contributed by atoms with van der Waals surface area (Å²) in [6, 6.07) is 33.6. The van der Waals surface area contributed by atoms with Crippen molar-refractivity contribution in [3.05, 3.63) is 131 Å². The van der Waals surface area contributed by atoms with Crippen LogP contribution < -0.4 is 19.6 Å². The molecule has 190 valence electrons. The smallest absolute Gasteiger partial charge is 0.244 e. The number of hydrazone groups is 1. The van der Waals surface area contributed by atoms with Gasteiger partial charge in [0.2, 0.25) is 5.91 Å². The van der Waals surface area contributed by atoms with Crippen LogP contribution in [0.4, 0.5) is 0 Å². The highest BCUT2D eigenvalue weighted by atomic mass is 16.5. The maximum absolute atomic E-state index is 12.8. The zero-order valence-corrected chi connectivity index (χ0v) is 21.3. The average Bonchev–Trinajstić information content (AvgIpc) is 2.97. The van der Waals surface area contributed by atoms with Crippen LogP contribution in [0, 0.1) is 0 Å². The van der Waals surface area contributed by atoms with Gasteiger partial charge in [-0.3, -0.25) is 4.79 Å². The van der Waals surface area contributed by atoms with E-state index in [2.05, 4.69) is 28.7 Å². The Morgan fingerprint density at radius 2 is 1.55 bits per heavy atom. The molecule has 6 nitrogen and oxygen atoms in total. The summed E-state index contributed by atoms with van der Waals surface area (Å²) in [6.07, 6.45) is 1.84. The van der Waals surface area contributed by atoms with E-state index in [-0.39, 0.29) is 18.2 Å². The van der Waals surface area contributed by atoms with Crippen molar-refractivity contribution in [3.8, 4) is 17.2 Å². The highest BCUT2D eigenvalue weighted by molar-refractivity contribution is 5.94.